The smallest absolute Gasteiger partial charge is 0.340 e. The lowest BCUT2D eigenvalue weighted by Crippen LogP contribution is -2.19. The number of rotatable bonds is 7. The molecule has 3 N–H and O–H groups in total. The lowest BCUT2D eigenvalue weighted by atomic mass is 10.1. The van der Waals surface area contributed by atoms with E-state index < -0.39 is 17.1 Å². The van der Waals surface area contributed by atoms with Crippen LogP contribution in [-0.4, -0.2) is 39.5 Å². The zero-order valence-electron chi connectivity index (χ0n) is 16.9. The van der Waals surface area contributed by atoms with Gasteiger partial charge >= 0.3 is 5.97 Å². The molecule has 1 amide bonds. The summed E-state index contributed by atoms with van der Waals surface area (Å²) in [5.41, 5.74) is 9.15. The van der Waals surface area contributed by atoms with Crippen LogP contribution in [0, 0.1) is 27.7 Å². The first-order valence-electron chi connectivity index (χ1n) is 8.93. The van der Waals surface area contributed by atoms with Gasteiger partial charge in [0, 0.05) is 11.4 Å². The van der Waals surface area contributed by atoms with Crippen LogP contribution in [0.4, 0.5) is 0 Å². The molecular weight excluding hydrogens is 378 g/mol. The van der Waals surface area contributed by atoms with E-state index in [4.69, 9.17) is 10.5 Å². The molecule has 2 rings (SSSR count). The number of aryl methyl sites for hydroxylation is 3. The van der Waals surface area contributed by atoms with Crippen molar-refractivity contribution in [2.24, 2.45) is 5.73 Å². The van der Waals surface area contributed by atoms with Crippen molar-refractivity contribution in [2.75, 3.05) is 6.61 Å². The van der Waals surface area contributed by atoms with Crippen LogP contribution in [0.3, 0.4) is 0 Å². The predicted molar refractivity (Wildman–Crippen MR) is 108 cm³/mol. The van der Waals surface area contributed by atoms with Gasteiger partial charge in [-0.25, -0.2) is 9.78 Å². The van der Waals surface area contributed by atoms with Gasteiger partial charge in [0.2, 0.25) is 0 Å². The fourth-order valence-electron chi connectivity index (χ4n) is 3.12. The molecule has 7 nitrogen and oxygen atoms in total. The summed E-state index contributed by atoms with van der Waals surface area (Å²) >= 11 is 1.17. The number of Topliss-reactive ketones (excluding diaryl/α,β-unsaturated/α-hetero) is 1. The molecule has 8 heteroatoms. The molecule has 150 valence electrons. The second-order valence-corrected chi connectivity index (χ2v) is 7.92. The number of hydrogen-bond donors (Lipinski definition) is 2. The van der Waals surface area contributed by atoms with Crippen LogP contribution in [0.25, 0.3) is 0 Å². The van der Waals surface area contributed by atoms with Gasteiger partial charge in [-0.1, -0.05) is 11.8 Å². The average Bonchev–Trinajstić information content (AvgIpc) is 2.87. The maximum absolute atomic E-state index is 13.0. The molecule has 2 aromatic rings. The van der Waals surface area contributed by atoms with Crippen LogP contribution in [0.2, 0.25) is 0 Å². The minimum atomic E-state index is -0.580. The molecule has 28 heavy (non-hydrogen) atoms. The van der Waals surface area contributed by atoms with Gasteiger partial charge in [0.05, 0.1) is 28.7 Å². The molecule has 0 bridgehead atoms. The summed E-state index contributed by atoms with van der Waals surface area (Å²) in [6.07, 6.45) is 0. The number of H-pyrrole nitrogens is 1. The molecular formula is C20H25N3O4S. The highest BCUT2D eigenvalue weighted by Crippen LogP contribution is 2.30. The summed E-state index contributed by atoms with van der Waals surface area (Å²) in [4.78, 5) is 44.4. The summed E-state index contributed by atoms with van der Waals surface area (Å²) in [7, 11) is 0. The highest BCUT2D eigenvalue weighted by molar-refractivity contribution is 8.00. The number of nitrogens with two attached hydrogens (primary N) is 1. The fourth-order valence-corrected chi connectivity index (χ4v) is 4.25. The molecule has 0 aliphatic rings. The first kappa shape index (κ1) is 21.7. The van der Waals surface area contributed by atoms with Gasteiger partial charge in [0.15, 0.2) is 5.78 Å². The van der Waals surface area contributed by atoms with Crippen LogP contribution in [-0.2, 0) is 4.74 Å². The van der Waals surface area contributed by atoms with E-state index in [1.807, 2.05) is 6.92 Å². The maximum atomic E-state index is 13.0. The van der Waals surface area contributed by atoms with Crippen molar-refractivity contribution in [3.05, 3.63) is 45.4 Å². The number of hydrogen-bond acceptors (Lipinski definition) is 6. The molecule has 0 unspecified atom stereocenters. The van der Waals surface area contributed by atoms with Crippen molar-refractivity contribution in [3.8, 4) is 0 Å². The van der Waals surface area contributed by atoms with Gasteiger partial charge in [0.25, 0.3) is 5.91 Å². The van der Waals surface area contributed by atoms with Gasteiger partial charge in [-0.3, -0.25) is 9.59 Å². The second-order valence-electron chi connectivity index (χ2n) is 6.59. The van der Waals surface area contributed by atoms with Crippen molar-refractivity contribution < 1.29 is 19.1 Å². The standard InChI is InChI=1S/C20H25N3O4S/c1-7-27-20(26)15-11(4)16(23-12(15)5)17(24)13(6)28-19-14(18(21)25)9(2)8-10(3)22-19/h8,13,23H,7H2,1-6H3,(H2,21,25)/t13-/m1/s1. The Balaban J connectivity index is 2.36. The number of primary amides is 1. The van der Waals surface area contributed by atoms with Crippen molar-refractivity contribution in [1.82, 2.24) is 9.97 Å². The average molecular weight is 404 g/mol. The number of ether oxygens (including phenoxy) is 1. The van der Waals surface area contributed by atoms with Crippen LogP contribution in [0.5, 0.6) is 0 Å². The van der Waals surface area contributed by atoms with Gasteiger partial charge in [-0.2, -0.15) is 0 Å². The Kier molecular flexibility index (Phi) is 6.66. The number of ketones is 1. The molecule has 1 atom stereocenters. The summed E-state index contributed by atoms with van der Waals surface area (Å²) in [6, 6.07) is 1.78. The fraction of sp³-hybridized carbons (Fsp3) is 0.400. The number of esters is 1. The number of amides is 1. The van der Waals surface area contributed by atoms with Crippen LogP contribution >= 0.6 is 11.8 Å². The largest absolute Gasteiger partial charge is 0.462 e. The number of aromatic nitrogens is 2. The number of carbonyl (C=O) groups is 3. The van der Waals surface area contributed by atoms with Gasteiger partial charge in [-0.15, -0.1) is 0 Å². The van der Waals surface area contributed by atoms with E-state index in [0.29, 0.717) is 33.1 Å². The third-order valence-corrected chi connectivity index (χ3v) is 5.47. The lowest BCUT2D eigenvalue weighted by molar-refractivity contribution is 0.0524. The van der Waals surface area contributed by atoms with Gasteiger partial charge in [0.1, 0.15) is 5.03 Å². The lowest BCUT2D eigenvalue weighted by Gasteiger charge is -2.14. The van der Waals surface area contributed by atoms with E-state index in [1.165, 1.54) is 11.8 Å². The zero-order valence-corrected chi connectivity index (χ0v) is 17.7. The van der Waals surface area contributed by atoms with Crippen LogP contribution in [0.15, 0.2) is 11.1 Å². The molecule has 0 saturated carbocycles. The number of pyridine rings is 1. The molecule has 0 radical (unpaired) electrons. The van der Waals surface area contributed by atoms with E-state index >= 15 is 0 Å². The number of carbonyl (C=O) groups excluding carboxylic acids is 3. The summed E-state index contributed by atoms with van der Waals surface area (Å²) in [5.74, 6) is -1.23. The van der Waals surface area contributed by atoms with Gasteiger partial charge in [-0.05, 0) is 58.7 Å². The Morgan fingerprint density at radius 3 is 2.43 bits per heavy atom. The van der Waals surface area contributed by atoms with E-state index in [-0.39, 0.29) is 12.4 Å². The molecule has 0 aliphatic heterocycles. The van der Waals surface area contributed by atoms with Gasteiger partial charge < -0.3 is 15.5 Å². The Hall–Kier alpha value is -2.61. The van der Waals surface area contributed by atoms with E-state index in [0.717, 1.165) is 11.3 Å². The zero-order chi connectivity index (χ0) is 21.2. The first-order valence-corrected chi connectivity index (χ1v) is 9.81. The number of thioether (sulfide) groups is 1. The quantitative estimate of drug-likeness (QED) is 0.416. The Morgan fingerprint density at radius 1 is 1.21 bits per heavy atom. The highest BCUT2D eigenvalue weighted by atomic mass is 32.2. The molecule has 0 saturated heterocycles. The Morgan fingerprint density at radius 2 is 1.86 bits per heavy atom. The summed E-state index contributed by atoms with van der Waals surface area (Å²) in [6.45, 7) is 10.8. The van der Waals surface area contributed by atoms with E-state index in [9.17, 15) is 14.4 Å². The monoisotopic (exact) mass is 403 g/mol. The SMILES string of the molecule is CCOC(=O)c1c(C)[nH]c(C(=O)[C@@H](C)Sc2nc(C)cc(C)c2C(N)=O)c1C. The third kappa shape index (κ3) is 4.27. The minimum Gasteiger partial charge on any atom is -0.462 e. The molecule has 0 aliphatic carbocycles. The normalized spacial score (nSPS) is 11.9. The number of aromatic amines is 1. The number of nitrogens with one attached hydrogen (secondary N) is 1. The minimum absolute atomic E-state index is 0.197. The predicted octanol–water partition coefficient (Wildman–Crippen LogP) is 3.28. The second kappa shape index (κ2) is 8.60. The Bertz CT molecular complexity index is 949. The van der Waals surface area contributed by atoms with Crippen molar-refractivity contribution >= 4 is 29.4 Å². The van der Waals surface area contributed by atoms with Crippen LogP contribution < -0.4 is 5.73 Å². The number of nitrogens with zero attached hydrogens (tertiary/aromatic N) is 1. The van der Waals surface area contributed by atoms with Crippen LogP contribution in [0.1, 0.15) is 67.6 Å². The highest BCUT2D eigenvalue weighted by Gasteiger charge is 2.27. The molecule has 2 aromatic heterocycles. The van der Waals surface area contributed by atoms with E-state index in [1.54, 1.807) is 40.7 Å². The molecule has 0 spiro atoms. The van der Waals surface area contributed by atoms with E-state index in [2.05, 4.69) is 9.97 Å². The molecule has 0 aromatic carbocycles. The van der Waals surface area contributed by atoms with Crippen molar-refractivity contribution in [2.45, 2.75) is 51.8 Å². The topological polar surface area (TPSA) is 115 Å². The molecule has 2 heterocycles. The first-order chi connectivity index (χ1) is 13.1. The molecule has 0 fully saturated rings. The van der Waals surface area contributed by atoms with Crippen molar-refractivity contribution in [1.29, 1.82) is 0 Å². The Labute approximate surface area is 168 Å². The summed E-state index contributed by atoms with van der Waals surface area (Å²) in [5, 5.41) is -0.115. The third-order valence-electron chi connectivity index (χ3n) is 4.38. The van der Waals surface area contributed by atoms with Crippen molar-refractivity contribution in [3.63, 3.8) is 0 Å². The summed E-state index contributed by atoms with van der Waals surface area (Å²) < 4.78 is 5.07. The maximum Gasteiger partial charge on any atom is 0.340 e.